The summed E-state index contributed by atoms with van der Waals surface area (Å²) >= 11 is 5.96. The van der Waals surface area contributed by atoms with E-state index in [1.54, 1.807) is 0 Å². The van der Waals surface area contributed by atoms with Crippen LogP contribution in [0.2, 0.25) is 5.02 Å². The van der Waals surface area contributed by atoms with E-state index in [1.165, 1.54) is 12.1 Å². The van der Waals surface area contributed by atoms with E-state index in [0.29, 0.717) is 11.5 Å². The highest BCUT2D eigenvalue weighted by atomic mass is 35.5. The molecule has 18 heavy (non-hydrogen) atoms. The van der Waals surface area contributed by atoms with Gasteiger partial charge in [-0.1, -0.05) is 25.4 Å². The summed E-state index contributed by atoms with van der Waals surface area (Å²) in [6, 6.07) is 8.96. The quantitative estimate of drug-likeness (QED) is 0.838. The molecule has 1 aromatic carbocycles. The van der Waals surface area contributed by atoms with Gasteiger partial charge in [-0.3, -0.25) is 0 Å². The fourth-order valence-corrected chi connectivity index (χ4v) is 3.53. The van der Waals surface area contributed by atoms with Gasteiger partial charge in [0, 0.05) is 36.4 Å². The van der Waals surface area contributed by atoms with Gasteiger partial charge >= 0.3 is 0 Å². The Bertz CT molecular complexity index is 427. The largest absolute Gasteiger partial charge is 0.371 e. The molecular formula is C15H21ClN2. The maximum absolute atomic E-state index is 5.96. The molecule has 2 aliphatic heterocycles. The first-order valence-electron chi connectivity index (χ1n) is 6.80. The van der Waals surface area contributed by atoms with E-state index in [2.05, 4.69) is 36.2 Å². The number of rotatable bonds is 1. The second kappa shape index (κ2) is 4.43. The molecule has 2 saturated heterocycles. The minimum absolute atomic E-state index is 0.412. The van der Waals surface area contributed by atoms with Gasteiger partial charge in [0.1, 0.15) is 0 Å². The summed E-state index contributed by atoms with van der Waals surface area (Å²) in [6.07, 6.45) is 1.25. The zero-order valence-corrected chi connectivity index (χ0v) is 11.9. The molecule has 2 unspecified atom stereocenters. The van der Waals surface area contributed by atoms with Gasteiger partial charge in [-0.2, -0.15) is 0 Å². The number of anilines is 1. The summed E-state index contributed by atoms with van der Waals surface area (Å²) in [5, 5.41) is 4.50. The minimum Gasteiger partial charge on any atom is -0.371 e. The van der Waals surface area contributed by atoms with E-state index < -0.39 is 0 Å². The van der Waals surface area contributed by atoms with Crippen LogP contribution in [0.4, 0.5) is 5.69 Å². The Kier molecular flexibility index (Phi) is 3.03. The maximum atomic E-state index is 5.96. The number of halogens is 1. The fraction of sp³-hybridized carbons (Fsp3) is 0.600. The molecule has 0 aliphatic carbocycles. The third-order valence-corrected chi connectivity index (χ3v) is 4.88. The van der Waals surface area contributed by atoms with Crippen molar-refractivity contribution in [3.8, 4) is 0 Å². The maximum Gasteiger partial charge on any atom is 0.0407 e. The number of fused-ring (bicyclic) bond motifs is 1. The average Bonchev–Trinajstić information content (AvgIpc) is 2.66. The second-order valence-electron chi connectivity index (χ2n) is 6.29. The highest BCUT2D eigenvalue weighted by molar-refractivity contribution is 6.30. The molecule has 2 aliphatic rings. The van der Waals surface area contributed by atoms with E-state index in [-0.39, 0.29) is 0 Å². The van der Waals surface area contributed by atoms with Crippen molar-refractivity contribution in [2.75, 3.05) is 24.5 Å². The van der Waals surface area contributed by atoms with Gasteiger partial charge in [0.15, 0.2) is 0 Å². The molecule has 0 bridgehead atoms. The normalized spacial score (nSPS) is 30.3. The zero-order valence-electron chi connectivity index (χ0n) is 11.1. The summed E-state index contributed by atoms with van der Waals surface area (Å²) in [6.45, 7) is 8.22. The lowest BCUT2D eigenvalue weighted by Crippen LogP contribution is -2.47. The van der Waals surface area contributed by atoms with Crippen LogP contribution in [0, 0.1) is 11.3 Å². The smallest absolute Gasteiger partial charge is 0.0407 e. The Morgan fingerprint density at radius 1 is 1.28 bits per heavy atom. The number of nitrogens with zero attached hydrogens (tertiary/aromatic N) is 1. The molecule has 0 aromatic heterocycles. The molecule has 1 N–H and O–H groups in total. The van der Waals surface area contributed by atoms with Crippen LogP contribution in [0.25, 0.3) is 0 Å². The molecular weight excluding hydrogens is 244 g/mol. The van der Waals surface area contributed by atoms with Crippen LogP contribution < -0.4 is 10.2 Å². The summed E-state index contributed by atoms with van der Waals surface area (Å²) < 4.78 is 0. The summed E-state index contributed by atoms with van der Waals surface area (Å²) in [4.78, 5) is 2.51. The predicted octanol–water partition coefficient (Wildman–Crippen LogP) is 3.16. The first kappa shape index (κ1) is 12.3. The molecule has 2 heterocycles. The van der Waals surface area contributed by atoms with Crippen molar-refractivity contribution in [2.24, 2.45) is 11.3 Å². The van der Waals surface area contributed by atoms with Gasteiger partial charge in [-0.05, 0) is 42.0 Å². The molecule has 1 aromatic rings. The van der Waals surface area contributed by atoms with Crippen LogP contribution in [0.3, 0.4) is 0 Å². The summed E-state index contributed by atoms with van der Waals surface area (Å²) in [7, 11) is 0. The number of piperidine rings is 1. The number of hydrogen-bond donors (Lipinski definition) is 1. The number of benzene rings is 1. The third-order valence-electron chi connectivity index (χ3n) is 4.63. The molecule has 98 valence electrons. The van der Waals surface area contributed by atoms with Gasteiger partial charge in [0.05, 0.1) is 0 Å². The van der Waals surface area contributed by atoms with Crippen molar-refractivity contribution in [3.63, 3.8) is 0 Å². The lowest BCUT2D eigenvalue weighted by atomic mass is 9.76. The molecule has 0 spiro atoms. The first-order valence-corrected chi connectivity index (χ1v) is 7.18. The van der Waals surface area contributed by atoms with Crippen molar-refractivity contribution in [1.29, 1.82) is 0 Å². The van der Waals surface area contributed by atoms with Gasteiger partial charge in [0.25, 0.3) is 0 Å². The van der Waals surface area contributed by atoms with Crippen molar-refractivity contribution < 1.29 is 0 Å². The van der Waals surface area contributed by atoms with E-state index in [0.717, 1.165) is 30.6 Å². The first-order chi connectivity index (χ1) is 8.56. The molecule has 0 saturated carbocycles. The molecule has 0 radical (unpaired) electrons. The molecule has 0 amide bonds. The average molecular weight is 265 g/mol. The van der Waals surface area contributed by atoms with Crippen molar-refractivity contribution in [3.05, 3.63) is 29.3 Å². The van der Waals surface area contributed by atoms with Crippen LogP contribution in [-0.2, 0) is 0 Å². The van der Waals surface area contributed by atoms with Gasteiger partial charge < -0.3 is 10.2 Å². The lowest BCUT2D eigenvalue weighted by molar-refractivity contribution is 0.237. The van der Waals surface area contributed by atoms with E-state index in [9.17, 15) is 0 Å². The molecule has 3 heteroatoms. The highest BCUT2D eigenvalue weighted by Crippen LogP contribution is 2.39. The number of hydrogen-bond acceptors (Lipinski definition) is 2. The Morgan fingerprint density at radius 3 is 2.72 bits per heavy atom. The number of nitrogens with one attached hydrogen (secondary N) is 1. The topological polar surface area (TPSA) is 15.3 Å². The molecule has 3 rings (SSSR count). The van der Waals surface area contributed by atoms with Crippen LogP contribution in [0.1, 0.15) is 20.3 Å². The van der Waals surface area contributed by atoms with Crippen LogP contribution in [0.5, 0.6) is 0 Å². The minimum atomic E-state index is 0.412. The SMILES string of the molecule is CC1(C)CNC2CCN(c3ccc(Cl)cc3)CC21. The monoisotopic (exact) mass is 264 g/mol. The molecule has 2 fully saturated rings. The Balaban J connectivity index is 1.78. The fourth-order valence-electron chi connectivity index (χ4n) is 3.40. The third kappa shape index (κ3) is 2.12. The standard InChI is InChI=1S/C15H21ClN2/c1-15(2)10-17-14-7-8-18(9-13(14)15)12-5-3-11(16)4-6-12/h3-6,13-14,17H,7-10H2,1-2H3. The predicted molar refractivity (Wildman–Crippen MR) is 77.3 cm³/mol. The van der Waals surface area contributed by atoms with Gasteiger partial charge in [0.2, 0.25) is 0 Å². The van der Waals surface area contributed by atoms with E-state index in [1.807, 2.05) is 12.1 Å². The van der Waals surface area contributed by atoms with Crippen LogP contribution in [-0.4, -0.2) is 25.7 Å². The van der Waals surface area contributed by atoms with E-state index >= 15 is 0 Å². The van der Waals surface area contributed by atoms with E-state index in [4.69, 9.17) is 11.6 Å². The zero-order chi connectivity index (χ0) is 12.8. The van der Waals surface area contributed by atoms with Crippen LogP contribution >= 0.6 is 11.6 Å². The van der Waals surface area contributed by atoms with Crippen LogP contribution in [0.15, 0.2) is 24.3 Å². The van der Waals surface area contributed by atoms with Gasteiger partial charge in [-0.25, -0.2) is 0 Å². The summed E-state index contributed by atoms with van der Waals surface area (Å²) in [5.74, 6) is 0.752. The summed E-state index contributed by atoms with van der Waals surface area (Å²) in [5.41, 5.74) is 1.72. The van der Waals surface area contributed by atoms with Crippen molar-refractivity contribution >= 4 is 17.3 Å². The van der Waals surface area contributed by atoms with Gasteiger partial charge in [-0.15, -0.1) is 0 Å². The molecule has 2 nitrogen and oxygen atoms in total. The molecule has 2 atom stereocenters. The lowest BCUT2D eigenvalue weighted by Gasteiger charge is -2.40. The van der Waals surface area contributed by atoms with Crippen molar-refractivity contribution in [1.82, 2.24) is 5.32 Å². The Hall–Kier alpha value is -0.730. The Labute approximate surface area is 114 Å². The second-order valence-corrected chi connectivity index (χ2v) is 6.73. The Morgan fingerprint density at radius 2 is 2.00 bits per heavy atom. The van der Waals surface area contributed by atoms with Crippen molar-refractivity contribution in [2.45, 2.75) is 26.3 Å². The highest BCUT2D eigenvalue weighted by Gasteiger charge is 2.44.